The number of amides is 1. The van der Waals surface area contributed by atoms with Crippen LogP contribution >= 0.6 is 0 Å². The first kappa shape index (κ1) is 19.9. The standard InChI is InChI=1S/C26H22N2O4/c1-30-22-9-5-6-18(16-22)23-17-24(28-32-23)26(14-15-26)25(29)27-19-10-12-21(13-11-19)31-20-7-3-2-4-8-20/h2-13,16-17H,14-15H2,1H3,(H,27,29). The van der Waals surface area contributed by atoms with Gasteiger partial charge in [-0.2, -0.15) is 0 Å². The fraction of sp³-hybridized carbons (Fsp3) is 0.154. The van der Waals surface area contributed by atoms with E-state index >= 15 is 0 Å². The number of hydrogen-bond donors (Lipinski definition) is 1. The van der Waals surface area contributed by atoms with Gasteiger partial charge in [-0.25, -0.2) is 0 Å². The summed E-state index contributed by atoms with van der Waals surface area (Å²) in [6.07, 6.45) is 1.47. The second-order valence-electron chi connectivity index (χ2n) is 7.78. The topological polar surface area (TPSA) is 73.6 Å². The molecular formula is C26H22N2O4. The maximum atomic E-state index is 13.1. The molecule has 0 radical (unpaired) electrons. The van der Waals surface area contributed by atoms with Gasteiger partial charge in [0.1, 0.15) is 17.2 Å². The lowest BCUT2D eigenvalue weighted by atomic mass is 10.00. The van der Waals surface area contributed by atoms with Crippen LogP contribution in [0.5, 0.6) is 17.2 Å². The normalized spacial score (nSPS) is 13.9. The molecule has 32 heavy (non-hydrogen) atoms. The highest BCUT2D eigenvalue weighted by Gasteiger charge is 2.53. The number of benzene rings is 3. The second kappa shape index (κ2) is 8.23. The Morgan fingerprint density at radius 1 is 0.906 bits per heavy atom. The third-order valence-electron chi connectivity index (χ3n) is 5.63. The Bertz CT molecular complexity index is 1230. The maximum Gasteiger partial charge on any atom is 0.236 e. The van der Waals surface area contributed by atoms with Crippen molar-refractivity contribution < 1.29 is 18.8 Å². The smallest absolute Gasteiger partial charge is 0.236 e. The van der Waals surface area contributed by atoms with Crippen molar-refractivity contribution in [2.45, 2.75) is 18.3 Å². The second-order valence-corrected chi connectivity index (χ2v) is 7.78. The third-order valence-corrected chi connectivity index (χ3v) is 5.63. The van der Waals surface area contributed by atoms with Gasteiger partial charge < -0.3 is 19.3 Å². The molecule has 160 valence electrons. The lowest BCUT2D eigenvalue weighted by Crippen LogP contribution is -2.28. The summed E-state index contributed by atoms with van der Waals surface area (Å²) in [5.74, 6) is 2.73. The van der Waals surface area contributed by atoms with E-state index in [1.807, 2.05) is 84.9 Å². The van der Waals surface area contributed by atoms with E-state index in [1.54, 1.807) is 7.11 Å². The Labute approximate surface area is 185 Å². The molecule has 0 aliphatic heterocycles. The zero-order valence-corrected chi connectivity index (χ0v) is 17.6. The average molecular weight is 426 g/mol. The van der Waals surface area contributed by atoms with E-state index in [0.717, 1.165) is 29.9 Å². The highest BCUT2D eigenvalue weighted by molar-refractivity contribution is 6.01. The minimum absolute atomic E-state index is 0.0836. The molecule has 1 N–H and O–H groups in total. The van der Waals surface area contributed by atoms with Crippen LogP contribution in [0.2, 0.25) is 0 Å². The fourth-order valence-corrected chi connectivity index (χ4v) is 3.62. The number of hydrogen-bond acceptors (Lipinski definition) is 5. The van der Waals surface area contributed by atoms with Crippen LogP contribution in [0.3, 0.4) is 0 Å². The first-order valence-electron chi connectivity index (χ1n) is 10.4. The number of aromatic nitrogens is 1. The zero-order chi connectivity index (χ0) is 22.0. The monoisotopic (exact) mass is 426 g/mol. The summed E-state index contributed by atoms with van der Waals surface area (Å²) in [5, 5.41) is 7.21. The molecule has 1 heterocycles. The summed E-state index contributed by atoms with van der Waals surface area (Å²) >= 11 is 0. The number of anilines is 1. The minimum atomic E-state index is -0.653. The number of methoxy groups -OCH3 is 1. The van der Waals surface area contributed by atoms with Gasteiger partial charge in [-0.15, -0.1) is 0 Å². The Balaban J connectivity index is 1.28. The SMILES string of the molecule is COc1cccc(-c2cc(C3(C(=O)Nc4ccc(Oc5ccccc5)cc4)CC3)no2)c1. The summed E-state index contributed by atoms with van der Waals surface area (Å²) in [6.45, 7) is 0. The Morgan fingerprint density at radius 3 is 2.34 bits per heavy atom. The number of carbonyl (C=O) groups is 1. The van der Waals surface area contributed by atoms with Gasteiger partial charge in [0, 0.05) is 17.3 Å². The molecule has 1 saturated carbocycles. The Hall–Kier alpha value is -4.06. The summed E-state index contributed by atoms with van der Waals surface area (Å²) < 4.78 is 16.6. The van der Waals surface area contributed by atoms with Crippen LogP contribution in [-0.2, 0) is 10.2 Å². The van der Waals surface area contributed by atoms with E-state index in [9.17, 15) is 4.79 Å². The first-order chi connectivity index (χ1) is 15.7. The molecule has 0 spiro atoms. The van der Waals surface area contributed by atoms with Gasteiger partial charge in [0.15, 0.2) is 5.76 Å². The molecule has 4 aromatic rings. The van der Waals surface area contributed by atoms with Crippen LogP contribution in [0.15, 0.2) is 89.5 Å². The molecular weight excluding hydrogens is 404 g/mol. The lowest BCUT2D eigenvalue weighted by Gasteiger charge is -2.13. The predicted octanol–water partition coefficient (Wildman–Crippen LogP) is 5.81. The number of ether oxygens (including phenoxy) is 2. The van der Waals surface area contributed by atoms with Crippen LogP contribution in [0.1, 0.15) is 18.5 Å². The van der Waals surface area contributed by atoms with E-state index in [-0.39, 0.29) is 5.91 Å². The van der Waals surface area contributed by atoms with E-state index in [0.29, 0.717) is 22.9 Å². The number of nitrogens with zero attached hydrogens (tertiary/aromatic N) is 1. The summed E-state index contributed by atoms with van der Waals surface area (Å²) in [7, 11) is 1.62. The van der Waals surface area contributed by atoms with Gasteiger partial charge in [0.2, 0.25) is 5.91 Å². The largest absolute Gasteiger partial charge is 0.497 e. The number of para-hydroxylation sites is 1. The van der Waals surface area contributed by atoms with Crippen molar-refractivity contribution >= 4 is 11.6 Å². The van der Waals surface area contributed by atoms with Gasteiger partial charge in [0.25, 0.3) is 0 Å². The molecule has 0 saturated heterocycles. The minimum Gasteiger partial charge on any atom is -0.497 e. The van der Waals surface area contributed by atoms with Crippen LogP contribution in [0, 0.1) is 0 Å². The van der Waals surface area contributed by atoms with E-state index in [1.165, 1.54) is 0 Å². The summed E-state index contributed by atoms with van der Waals surface area (Å²) in [4.78, 5) is 13.1. The van der Waals surface area contributed by atoms with Gasteiger partial charge in [-0.1, -0.05) is 35.5 Å². The average Bonchev–Trinajstić information content (AvgIpc) is 3.50. The number of carbonyl (C=O) groups excluding carboxylic acids is 1. The van der Waals surface area contributed by atoms with Gasteiger partial charge in [-0.3, -0.25) is 4.79 Å². The van der Waals surface area contributed by atoms with Gasteiger partial charge in [-0.05, 0) is 61.4 Å². The molecule has 0 bridgehead atoms. The zero-order valence-electron chi connectivity index (χ0n) is 17.6. The lowest BCUT2D eigenvalue weighted by molar-refractivity contribution is -0.118. The van der Waals surface area contributed by atoms with Gasteiger partial charge in [0.05, 0.1) is 18.2 Å². The molecule has 1 amide bonds. The summed E-state index contributed by atoms with van der Waals surface area (Å²) in [6, 6.07) is 26.3. The van der Waals surface area contributed by atoms with Crippen LogP contribution in [-0.4, -0.2) is 18.2 Å². The number of rotatable bonds is 7. The highest BCUT2D eigenvalue weighted by atomic mass is 16.5. The van der Waals surface area contributed by atoms with Crippen molar-refractivity contribution in [3.8, 4) is 28.6 Å². The summed E-state index contributed by atoms with van der Waals surface area (Å²) in [5.41, 5.74) is 1.56. The van der Waals surface area contributed by atoms with Crippen molar-refractivity contribution in [1.82, 2.24) is 5.16 Å². The molecule has 0 atom stereocenters. The van der Waals surface area contributed by atoms with Crippen molar-refractivity contribution in [3.63, 3.8) is 0 Å². The van der Waals surface area contributed by atoms with Crippen LogP contribution in [0.4, 0.5) is 5.69 Å². The molecule has 6 nitrogen and oxygen atoms in total. The van der Waals surface area contributed by atoms with E-state index < -0.39 is 5.41 Å². The van der Waals surface area contributed by atoms with E-state index in [4.69, 9.17) is 14.0 Å². The van der Waals surface area contributed by atoms with Crippen LogP contribution in [0.25, 0.3) is 11.3 Å². The first-order valence-corrected chi connectivity index (χ1v) is 10.4. The van der Waals surface area contributed by atoms with Crippen LogP contribution < -0.4 is 14.8 Å². The number of nitrogens with one attached hydrogen (secondary N) is 1. The molecule has 5 rings (SSSR count). The van der Waals surface area contributed by atoms with Gasteiger partial charge >= 0.3 is 0 Å². The third kappa shape index (κ3) is 3.95. The Kier molecular flexibility index (Phi) is 5.11. The molecule has 0 unspecified atom stereocenters. The molecule has 3 aromatic carbocycles. The molecule has 1 fully saturated rings. The highest BCUT2D eigenvalue weighted by Crippen LogP contribution is 2.49. The van der Waals surface area contributed by atoms with Crippen molar-refractivity contribution in [3.05, 3.63) is 90.6 Å². The quantitative estimate of drug-likeness (QED) is 0.403. The molecule has 1 aliphatic rings. The van der Waals surface area contributed by atoms with E-state index in [2.05, 4.69) is 10.5 Å². The molecule has 6 heteroatoms. The van der Waals surface area contributed by atoms with Crippen molar-refractivity contribution in [2.24, 2.45) is 0 Å². The molecule has 1 aliphatic carbocycles. The maximum absolute atomic E-state index is 13.1. The predicted molar refractivity (Wildman–Crippen MR) is 121 cm³/mol. The fourth-order valence-electron chi connectivity index (χ4n) is 3.62. The Morgan fingerprint density at radius 2 is 1.62 bits per heavy atom. The molecule has 1 aromatic heterocycles. The van der Waals surface area contributed by atoms with Crippen molar-refractivity contribution in [1.29, 1.82) is 0 Å². The van der Waals surface area contributed by atoms with Crippen molar-refractivity contribution in [2.75, 3.05) is 12.4 Å².